The summed E-state index contributed by atoms with van der Waals surface area (Å²) in [5.74, 6) is -0.837. The predicted octanol–water partition coefficient (Wildman–Crippen LogP) is 2.20. The summed E-state index contributed by atoms with van der Waals surface area (Å²) in [5, 5.41) is 3.20. The van der Waals surface area contributed by atoms with Crippen LogP contribution in [0.5, 0.6) is 0 Å². The molecule has 0 aliphatic carbocycles. The summed E-state index contributed by atoms with van der Waals surface area (Å²) in [5.41, 5.74) is 1.07. The summed E-state index contributed by atoms with van der Waals surface area (Å²) in [6.07, 6.45) is 0. The number of benzene rings is 1. The number of hydrogen-bond donors (Lipinski definition) is 1. The molecule has 0 radical (unpaired) electrons. The Bertz CT molecular complexity index is 800. The number of rotatable bonds is 4. The largest absolute Gasteiger partial charge is 0.286 e. The van der Waals surface area contributed by atoms with Crippen LogP contribution in [-0.2, 0) is 17.1 Å². The Morgan fingerprint density at radius 1 is 1.32 bits per heavy atom. The zero-order chi connectivity index (χ0) is 16.5. The minimum Gasteiger partial charge on any atom is -0.271 e. The van der Waals surface area contributed by atoms with Gasteiger partial charge in [-0.15, -0.1) is 0 Å². The van der Waals surface area contributed by atoms with Crippen LogP contribution in [0.4, 0.5) is 0 Å². The summed E-state index contributed by atoms with van der Waals surface area (Å²) in [6.45, 7) is 3.20. The molecule has 118 valence electrons. The van der Waals surface area contributed by atoms with E-state index in [2.05, 4.69) is 5.10 Å². The van der Waals surface area contributed by atoms with Gasteiger partial charge in [0.2, 0.25) is 10.0 Å². The van der Waals surface area contributed by atoms with E-state index < -0.39 is 21.2 Å². The van der Waals surface area contributed by atoms with Crippen LogP contribution in [0.25, 0.3) is 0 Å². The number of hydrogen-bond acceptors (Lipinski definition) is 4. The van der Waals surface area contributed by atoms with E-state index >= 15 is 0 Å². The molecule has 0 saturated carbocycles. The monoisotopic (exact) mass is 341 g/mol. The molecule has 0 fully saturated rings. The van der Waals surface area contributed by atoms with E-state index in [0.29, 0.717) is 11.3 Å². The van der Waals surface area contributed by atoms with Gasteiger partial charge in [0, 0.05) is 7.05 Å². The van der Waals surface area contributed by atoms with E-state index in [0.717, 1.165) is 0 Å². The molecule has 1 unspecified atom stereocenters. The van der Waals surface area contributed by atoms with E-state index in [4.69, 9.17) is 11.6 Å². The molecule has 1 amide bonds. The van der Waals surface area contributed by atoms with E-state index in [1.165, 1.54) is 11.6 Å². The molecule has 0 aliphatic rings. The maximum Gasteiger partial charge on any atom is 0.286 e. The molecule has 2 rings (SSSR count). The van der Waals surface area contributed by atoms with Gasteiger partial charge in [0.15, 0.2) is 5.69 Å². The highest BCUT2D eigenvalue weighted by molar-refractivity contribution is 7.90. The van der Waals surface area contributed by atoms with E-state index in [9.17, 15) is 13.2 Å². The van der Waals surface area contributed by atoms with Gasteiger partial charge >= 0.3 is 0 Å². The Hall–Kier alpha value is -1.86. The smallest absolute Gasteiger partial charge is 0.271 e. The highest BCUT2D eigenvalue weighted by atomic mass is 35.5. The van der Waals surface area contributed by atoms with Crippen molar-refractivity contribution >= 4 is 27.5 Å². The van der Waals surface area contributed by atoms with Gasteiger partial charge in [-0.1, -0.05) is 41.9 Å². The molecule has 22 heavy (non-hydrogen) atoms. The van der Waals surface area contributed by atoms with Crippen LogP contribution in [0.3, 0.4) is 0 Å². The van der Waals surface area contributed by atoms with Crippen molar-refractivity contribution in [1.29, 1.82) is 0 Å². The average molecular weight is 342 g/mol. The van der Waals surface area contributed by atoms with Gasteiger partial charge in [-0.2, -0.15) is 5.10 Å². The first-order chi connectivity index (χ1) is 10.2. The molecular formula is C14H16ClN3O3S. The second kappa shape index (κ2) is 6.10. The number of carbonyl (C=O) groups excluding carboxylic acids is 1. The first-order valence-corrected chi connectivity index (χ1v) is 8.46. The molecule has 1 heterocycles. The summed E-state index contributed by atoms with van der Waals surface area (Å²) >= 11 is 6.00. The third-order valence-corrected chi connectivity index (χ3v) is 5.57. The maximum absolute atomic E-state index is 12.3. The van der Waals surface area contributed by atoms with Crippen LogP contribution < -0.4 is 4.72 Å². The number of sulfonamides is 1. The zero-order valence-electron chi connectivity index (χ0n) is 12.4. The highest BCUT2D eigenvalue weighted by Crippen LogP contribution is 2.22. The van der Waals surface area contributed by atoms with Crippen molar-refractivity contribution in [2.75, 3.05) is 0 Å². The topological polar surface area (TPSA) is 81.1 Å². The molecule has 1 N–H and O–H groups in total. The van der Waals surface area contributed by atoms with Gasteiger partial charge in [0.1, 0.15) is 5.25 Å². The SMILES string of the molecule is Cc1c(Cl)c(C(=O)NS(=O)(=O)C(C)c2ccccc2)nn1C. The number of aromatic nitrogens is 2. The molecule has 0 bridgehead atoms. The van der Waals surface area contributed by atoms with E-state index in [-0.39, 0.29) is 10.7 Å². The van der Waals surface area contributed by atoms with E-state index in [1.807, 2.05) is 4.72 Å². The van der Waals surface area contributed by atoms with Crippen molar-refractivity contribution in [2.45, 2.75) is 19.1 Å². The Kier molecular flexibility index (Phi) is 4.58. The summed E-state index contributed by atoms with van der Waals surface area (Å²) in [7, 11) is -2.26. The zero-order valence-corrected chi connectivity index (χ0v) is 13.9. The van der Waals surface area contributed by atoms with Crippen molar-refractivity contribution in [2.24, 2.45) is 7.05 Å². The third kappa shape index (κ3) is 3.15. The number of nitrogens with zero attached hydrogens (tertiary/aromatic N) is 2. The number of carbonyl (C=O) groups is 1. The molecule has 1 aromatic heterocycles. The van der Waals surface area contributed by atoms with Gasteiger partial charge in [-0.25, -0.2) is 13.1 Å². The Labute approximate surface area is 134 Å². The van der Waals surface area contributed by atoms with Gasteiger partial charge in [0.25, 0.3) is 5.91 Å². The normalized spacial score (nSPS) is 12.9. The summed E-state index contributed by atoms with van der Waals surface area (Å²) in [4.78, 5) is 12.1. The molecule has 8 heteroatoms. The number of halogens is 1. The first kappa shape index (κ1) is 16.5. The minimum atomic E-state index is -3.89. The number of aryl methyl sites for hydroxylation is 1. The van der Waals surface area contributed by atoms with Gasteiger partial charge < -0.3 is 0 Å². The quantitative estimate of drug-likeness (QED) is 0.924. The van der Waals surface area contributed by atoms with Gasteiger partial charge in [-0.05, 0) is 19.4 Å². The van der Waals surface area contributed by atoms with Gasteiger partial charge in [0.05, 0.1) is 10.7 Å². The van der Waals surface area contributed by atoms with Crippen LogP contribution in [0, 0.1) is 6.92 Å². The molecule has 2 aromatic rings. The predicted molar refractivity (Wildman–Crippen MR) is 84.2 cm³/mol. The number of amides is 1. The lowest BCUT2D eigenvalue weighted by Gasteiger charge is -2.13. The van der Waals surface area contributed by atoms with Crippen molar-refractivity contribution in [3.8, 4) is 0 Å². The summed E-state index contributed by atoms with van der Waals surface area (Å²) < 4.78 is 28.1. The second-order valence-electron chi connectivity index (χ2n) is 4.90. The third-order valence-electron chi connectivity index (χ3n) is 3.45. The molecule has 1 aromatic carbocycles. The Morgan fingerprint density at radius 3 is 2.41 bits per heavy atom. The molecule has 0 spiro atoms. The van der Waals surface area contributed by atoms with Crippen LogP contribution in [-0.4, -0.2) is 24.1 Å². The van der Waals surface area contributed by atoms with Crippen molar-refractivity contribution < 1.29 is 13.2 Å². The van der Waals surface area contributed by atoms with Crippen molar-refractivity contribution in [1.82, 2.24) is 14.5 Å². The molecular weight excluding hydrogens is 326 g/mol. The fourth-order valence-electron chi connectivity index (χ4n) is 1.90. The van der Waals surface area contributed by atoms with Crippen molar-refractivity contribution in [3.63, 3.8) is 0 Å². The van der Waals surface area contributed by atoms with E-state index in [1.54, 1.807) is 44.3 Å². The lowest BCUT2D eigenvalue weighted by Crippen LogP contribution is -2.34. The second-order valence-corrected chi connectivity index (χ2v) is 7.28. The van der Waals surface area contributed by atoms with Crippen molar-refractivity contribution in [3.05, 3.63) is 52.3 Å². The Morgan fingerprint density at radius 2 is 1.91 bits per heavy atom. The molecule has 0 saturated heterocycles. The lowest BCUT2D eigenvalue weighted by atomic mass is 10.2. The van der Waals surface area contributed by atoms with Crippen LogP contribution in [0.2, 0.25) is 5.02 Å². The van der Waals surface area contributed by atoms with Crippen LogP contribution >= 0.6 is 11.6 Å². The fraction of sp³-hybridized carbons (Fsp3) is 0.286. The molecule has 0 aliphatic heterocycles. The fourth-order valence-corrected chi connectivity index (χ4v) is 3.19. The van der Waals surface area contributed by atoms with Crippen LogP contribution in [0.15, 0.2) is 30.3 Å². The standard InChI is InChI=1S/C14H16ClN3O3S/c1-9-12(15)13(16-18(9)3)14(19)17-22(20,21)10(2)11-7-5-4-6-8-11/h4-8,10H,1-3H3,(H,17,19). The average Bonchev–Trinajstić information content (AvgIpc) is 2.74. The lowest BCUT2D eigenvalue weighted by molar-refractivity contribution is 0.0975. The first-order valence-electron chi connectivity index (χ1n) is 6.54. The van der Waals surface area contributed by atoms with Gasteiger partial charge in [-0.3, -0.25) is 9.48 Å². The van der Waals surface area contributed by atoms with Crippen LogP contribution in [0.1, 0.15) is 33.9 Å². The summed E-state index contributed by atoms with van der Waals surface area (Å²) in [6, 6.07) is 8.64. The molecule has 1 atom stereocenters. The maximum atomic E-state index is 12.3. The highest BCUT2D eigenvalue weighted by Gasteiger charge is 2.28. The Balaban J connectivity index is 2.25. The molecule has 6 nitrogen and oxygen atoms in total. The minimum absolute atomic E-state index is 0.106. The number of nitrogens with one attached hydrogen (secondary N) is 1.